The second-order valence-corrected chi connectivity index (χ2v) is 6.29. The third kappa shape index (κ3) is 3.08. The lowest BCUT2D eigenvalue weighted by Gasteiger charge is -2.12. The van der Waals surface area contributed by atoms with Crippen molar-refractivity contribution in [2.24, 2.45) is 0 Å². The first-order valence-electron chi connectivity index (χ1n) is 8.31. The van der Waals surface area contributed by atoms with Crippen molar-refractivity contribution in [3.8, 4) is 11.1 Å². The van der Waals surface area contributed by atoms with E-state index < -0.39 is 0 Å². The third-order valence-electron chi connectivity index (χ3n) is 4.73. The average Bonchev–Trinajstić information content (AvgIpc) is 3.26. The maximum atomic E-state index is 5.95. The molecule has 0 amide bonds. The van der Waals surface area contributed by atoms with Crippen LogP contribution in [0.25, 0.3) is 11.1 Å². The number of rotatable bonds is 6. The van der Waals surface area contributed by atoms with Crippen LogP contribution in [0.15, 0.2) is 54.6 Å². The first-order chi connectivity index (χ1) is 10.9. The van der Waals surface area contributed by atoms with Crippen molar-refractivity contribution in [2.45, 2.75) is 44.0 Å². The van der Waals surface area contributed by atoms with E-state index in [4.69, 9.17) is 9.47 Å². The Morgan fingerprint density at radius 2 is 1.68 bits per heavy atom. The Bertz CT molecular complexity index is 605. The summed E-state index contributed by atoms with van der Waals surface area (Å²) in [5.74, 6) is 0. The Balaban J connectivity index is 1.25. The van der Waals surface area contributed by atoms with E-state index in [9.17, 15) is 0 Å². The quantitative estimate of drug-likeness (QED) is 0.587. The van der Waals surface area contributed by atoms with Crippen LogP contribution in [-0.2, 0) is 15.9 Å². The van der Waals surface area contributed by atoms with Gasteiger partial charge in [0, 0.05) is 6.61 Å². The standard InChI is InChI=1S/C20H22O2/c1-2-6-16(7-3-1)17-10-8-15(9-11-17)5-4-14-21-18-12-13-19-20(18)22-19/h1-3,6-11,18-20H,4-5,12-14H2/t18-,19+,20-/m0/s1. The fraction of sp³-hybridized carbons (Fsp3) is 0.400. The number of hydrogen-bond donors (Lipinski definition) is 0. The monoisotopic (exact) mass is 294 g/mol. The van der Waals surface area contributed by atoms with Gasteiger partial charge in [-0.3, -0.25) is 0 Å². The normalized spacial score (nSPS) is 25.9. The highest BCUT2D eigenvalue weighted by atomic mass is 16.6. The van der Waals surface area contributed by atoms with Crippen molar-refractivity contribution in [3.63, 3.8) is 0 Å². The number of fused-ring (bicyclic) bond motifs is 1. The summed E-state index contributed by atoms with van der Waals surface area (Å²) < 4.78 is 11.5. The third-order valence-corrected chi connectivity index (χ3v) is 4.73. The molecule has 2 aromatic carbocycles. The zero-order valence-electron chi connectivity index (χ0n) is 12.8. The Hall–Kier alpha value is -1.64. The molecule has 0 aromatic heterocycles. The molecule has 2 aliphatic rings. The van der Waals surface area contributed by atoms with Gasteiger partial charge in [0.1, 0.15) is 6.10 Å². The van der Waals surface area contributed by atoms with E-state index in [-0.39, 0.29) is 0 Å². The summed E-state index contributed by atoms with van der Waals surface area (Å²) in [5, 5.41) is 0. The summed E-state index contributed by atoms with van der Waals surface area (Å²) >= 11 is 0. The molecule has 0 N–H and O–H groups in total. The molecule has 0 bridgehead atoms. The van der Waals surface area contributed by atoms with Gasteiger partial charge in [0.05, 0.1) is 12.2 Å². The molecule has 0 spiro atoms. The van der Waals surface area contributed by atoms with Crippen LogP contribution in [0.1, 0.15) is 24.8 Å². The molecular weight excluding hydrogens is 272 g/mol. The van der Waals surface area contributed by atoms with Crippen LogP contribution in [0.2, 0.25) is 0 Å². The fourth-order valence-electron chi connectivity index (χ4n) is 3.39. The van der Waals surface area contributed by atoms with Crippen molar-refractivity contribution in [1.82, 2.24) is 0 Å². The zero-order chi connectivity index (χ0) is 14.8. The molecule has 1 saturated heterocycles. The number of ether oxygens (including phenoxy) is 2. The van der Waals surface area contributed by atoms with Gasteiger partial charge in [-0.05, 0) is 42.4 Å². The molecule has 4 rings (SSSR count). The average molecular weight is 294 g/mol. The molecule has 1 heterocycles. The Morgan fingerprint density at radius 3 is 2.36 bits per heavy atom. The largest absolute Gasteiger partial charge is 0.375 e. The molecule has 1 aliphatic heterocycles. The highest BCUT2D eigenvalue weighted by molar-refractivity contribution is 5.63. The second kappa shape index (κ2) is 6.23. The predicted octanol–water partition coefficient (Wildman–Crippen LogP) is 4.23. The smallest absolute Gasteiger partial charge is 0.110 e. The van der Waals surface area contributed by atoms with Gasteiger partial charge in [-0.15, -0.1) is 0 Å². The Morgan fingerprint density at radius 1 is 0.909 bits per heavy atom. The maximum absolute atomic E-state index is 5.95. The number of benzene rings is 2. The van der Waals surface area contributed by atoms with Crippen molar-refractivity contribution in [2.75, 3.05) is 6.61 Å². The highest BCUT2D eigenvalue weighted by Crippen LogP contribution is 2.40. The maximum Gasteiger partial charge on any atom is 0.110 e. The van der Waals surface area contributed by atoms with Crippen LogP contribution < -0.4 is 0 Å². The number of aryl methyl sites for hydroxylation is 1. The van der Waals surface area contributed by atoms with Gasteiger partial charge < -0.3 is 9.47 Å². The molecule has 114 valence electrons. The summed E-state index contributed by atoms with van der Waals surface area (Å²) in [5.41, 5.74) is 3.94. The van der Waals surface area contributed by atoms with E-state index in [0.717, 1.165) is 19.4 Å². The molecule has 0 unspecified atom stereocenters. The SMILES string of the molecule is c1ccc(-c2ccc(CCCO[C@H]3CC[C@H]4O[C@@H]34)cc2)cc1. The minimum absolute atomic E-state index is 0.366. The molecule has 2 nitrogen and oxygen atoms in total. The van der Waals surface area contributed by atoms with E-state index in [1.807, 2.05) is 0 Å². The van der Waals surface area contributed by atoms with Crippen molar-refractivity contribution >= 4 is 0 Å². The van der Waals surface area contributed by atoms with E-state index in [2.05, 4.69) is 54.6 Å². The second-order valence-electron chi connectivity index (χ2n) is 6.29. The van der Waals surface area contributed by atoms with Crippen molar-refractivity contribution in [1.29, 1.82) is 0 Å². The number of hydrogen-bond acceptors (Lipinski definition) is 2. The van der Waals surface area contributed by atoms with Crippen LogP contribution in [0.5, 0.6) is 0 Å². The molecule has 2 fully saturated rings. The van der Waals surface area contributed by atoms with Gasteiger partial charge in [-0.1, -0.05) is 54.6 Å². The van der Waals surface area contributed by atoms with Gasteiger partial charge >= 0.3 is 0 Å². The Kier molecular flexibility index (Phi) is 3.96. The van der Waals surface area contributed by atoms with Crippen LogP contribution >= 0.6 is 0 Å². The number of epoxide rings is 1. The molecule has 2 heteroatoms. The van der Waals surface area contributed by atoms with Gasteiger partial charge in [0.15, 0.2) is 0 Å². The molecule has 22 heavy (non-hydrogen) atoms. The molecule has 2 aromatic rings. The summed E-state index contributed by atoms with van der Waals surface area (Å²) in [6.45, 7) is 0.845. The molecule has 1 saturated carbocycles. The van der Waals surface area contributed by atoms with Crippen molar-refractivity contribution < 1.29 is 9.47 Å². The molecule has 0 radical (unpaired) electrons. The van der Waals surface area contributed by atoms with Crippen molar-refractivity contribution in [3.05, 3.63) is 60.2 Å². The fourth-order valence-corrected chi connectivity index (χ4v) is 3.39. The lowest BCUT2D eigenvalue weighted by Crippen LogP contribution is -2.17. The minimum Gasteiger partial charge on any atom is -0.375 e. The van der Waals surface area contributed by atoms with Crippen LogP contribution in [0, 0.1) is 0 Å². The van der Waals surface area contributed by atoms with Gasteiger partial charge in [0.25, 0.3) is 0 Å². The van der Waals surface area contributed by atoms with Crippen LogP contribution in [0.3, 0.4) is 0 Å². The van der Waals surface area contributed by atoms with E-state index in [1.165, 1.54) is 29.5 Å². The minimum atomic E-state index is 0.366. The summed E-state index contributed by atoms with van der Waals surface area (Å²) in [6, 6.07) is 19.4. The first-order valence-corrected chi connectivity index (χ1v) is 8.31. The molecule has 3 atom stereocenters. The topological polar surface area (TPSA) is 21.8 Å². The van der Waals surface area contributed by atoms with E-state index in [1.54, 1.807) is 0 Å². The van der Waals surface area contributed by atoms with Crippen LogP contribution in [-0.4, -0.2) is 24.9 Å². The molecule has 1 aliphatic carbocycles. The van der Waals surface area contributed by atoms with Crippen LogP contribution in [0.4, 0.5) is 0 Å². The van der Waals surface area contributed by atoms with Gasteiger partial charge in [-0.25, -0.2) is 0 Å². The molecular formula is C20H22O2. The van der Waals surface area contributed by atoms with Gasteiger partial charge in [-0.2, -0.15) is 0 Å². The van der Waals surface area contributed by atoms with E-state index in [0.29, 0.717) is 18.3 Å². The first kappa shape index (κ1) is 14.0. The predicted molar refractivity (Wildman–Crippen MR) is 87.8 cm³/mol. The Labute approximate surface area is 132 Å². The zero-order valence-corrected chi connectivity index (χ0v) is 12.8. The lowest BCUT2D eigenvalue weighted by atomic mass is 10.0. The lowest BCUT2D eigenvalue weighted by molar-refractivity contribution is 0.0260. The van der Waals surface area contributed by atoms with E-state index >= 15 is 0 Å². The highest BCUT2D eigenvalue weighted by Gasteiger charge is 2.50. The van der Waals surface area contributed by atoms with Gasteiger partial charge in [0.2, 0.25) is 0 Å². The summed E-state index contributed by atoms with van der Waals surface area (Å²) in [6.07, 6.45) is 5.85. The summed E-state index contributed by atoms with van der Waals surface area (Å²) in [7, 11) is 0. The summed E-state index contributed by atoms with van der Waals surface area (Å²) in [4.78, 5) is 0.